The van der Waals surface area contributed by atoms with Crippen LogP contribution in [-0.2, 0) is 24.1 Å². The number of hydrogen-bond acceptors (Lipinski definition) is 5. The Bertz CT molecular complexity index is 741. The lowest BCUT2D eigenvalue weighted by Gasteiger charge is -2.03. The van der Waals surface area contributed by atoms with Crippen LogP contribution in [0.4, 0.5) is 9.93 Å². The lowest BCUT2D eigenvalue weighted by atomic mass is 10.1. The summed E-state index contributed by atoms with van der Waals surface area (Å²) in [5.41, 5.74) is 3.34. The number of aryl methyl sites for hydroxylation is 2. The molecule has 0 aliphatic heterocycles. The Kier molecular flexibility index (Phi) is 7.09. The van der Waals surface area contributed by atoms with Gasteiger partial charge in [-0.05, 0) is 30.4 Å². The van der Waals surface area contributed by atoms with Crippen LogP contribution in [0.1, 0.15) is 23.7 Å². The number of amides is 2. The number of nitrogens with one attached hydrogen (secondary N) is 2. The van der Waals surface area contributed by atoms with Gasteiger partial charge >= 0.3 is 6.09 Å². The predicted molar refractivity (Wildman–Crippen MR) is 98.5 cm³/mol. The van der Waals surface area contributed by atoms with E-state index in [0.29, 0.717) is 11.7 Å². The van der Waals surface area contributed by atoms with E-state index in [4.69, 9.17) is 5.11 Å². The van der Waals surface area contributed by atoms with Gasteiger partial charge in [0.2, 0.25) is 5.91 Å². The summed E-state index contributed by atoms with van der Waals surface area (Å²) in [6.45, 7) is 2.00. The van der Waals surface area contributed by atoms with Crippen LogP contribution in [0.2, 0.25) is 0 Å². The van der Waals surface area contributed by atoms with Crippen molar-refractivity contribution in [2.45, 2.75) is 26.2 Å². The quantitative estimate of drug-likeness (QED) is 0.497. The number of benzene rings is 1. The number of carbonyl (C=O) groups excluding carboxylic acids is 1. The minimum Gasteiger partial charge on any atom is -0.465 e. The first-order valence-electron chi connectivity index (χ1n) is 7.80. The molecule has 0 aliphatic rings. The molecule has 2 aromatic rings. The molecule has 7 nitrogen and oxygen atoms in total. The van der Waals surface area contributed by atoms with Gasteiger partial charge in [0, 0.05) is 18.8 Å². The Morgan fingerprint density at radius 1 is 1.20 bits per heavy atom. The monoisotopic (exact) mass is 360 g/mol. The average Bonchev–Trinajstić information content (AvgIpc) is 3.00. The molecule has 0 saturated carbocycles. The van der Waals surface area contributed by atoms with Gasteiger partial charge in [0.05, 0.1) is 12.0 Å². The molecule has 0 fully saturated rings. The molecule has 2 amide bonds. The molecule has 0 radical (unpaired) electrons. The zero-order valence-electron chi connectivity index (χ0n) is 13.9. The highest BCUT2D eigenvalue weighted by Gasteiger charge is 2.04. The molecule has 3 N–H and O–H groups in total. The maximum Gasteiger partial charge on any atom is 0.409 e. The number of thiazole rings is 1. The Balaban J connectivity index is 1.76. The standard InChI is InChI=1S/C17H20N4O3S/c1-12(22)20-16-21-15(10-25-16)7-6-13-2-4-14(5-3-13)8-9-18-11-19-17(23)24/h2-5,10-11H,6-9H2,1H3,(H,18,19)(H,23,24)(H,20,21,22). The van der Waals surface area contributed by atoms with E-state index in [0.717, 1.165) is 30.5 Å². The molecule has 0 unspecified atom stereocenters. The molecule has 132 valence electrons. The van der Waals surface area contributed by atoms with Crippen molar-refractivity contribution in [1.82, 2.24) is 10.3 Å². The van der Waals surface area contributed by atoms with Gasteiger partial charge in [0.25, 0.3) is 0 Å². The molecule has 8 heteroatoms. The van der Waals surface area contributed by atoms with Crippen molar-refractivity contribution >= 4 is 34.8 Å². The minimum atomic E-state index is -1.11. The SMILES string of the molecule is CC(=O)Nc1nc(CCc2ccc(CCN=CNC(=O)O)cc2)cs1. The fourth-order valence-electron chi connectivity index (χ4n) is 2.13. The summed E-state index contributed by atoms with van der Waals surface area (Å²) < 4.78 is 0. The maximum atomic E-state index is 11.0. The summed E-state index contributed by atoms with van der Waals surface area (Å²) in [5, 5.41) is 15.8. The second-order valence-electron chi connectivity index (χ2n) is 5.38. The summed E-state index contributed by atoms with van der Waals surface area (Å²) in [5.74, 6) is -0.112. The first-order valence-corrected chi connectivity index (χ1v) is 8.68. The summed E-state index contributed by atoms with van der Waals surface area (Å²) in [4.78, 5) is 29.6. The van der Waals surface area contributed by atoms with E-state index in [9.17, 15) is 9.59 Å². The van der Waals surface area contributed by atoms with E-state index in [-0.39, 0.29) is 5.91 Å². The number of hydrogen-bond donors (Lipinski definition) is 3. The van der Waals surface area contributed by atoms with Gasteiger partial charge in [-0.15, -0.1) is 11.3 Å². The molecule has 1 heterocycles. The summed E-state index contributed by atoms with van der Waals surface area (Å²) in [7, 11) is 0. The first-order chi connectivity index (χ1) is 12.0. The molecule has 1 aromatic carbocycles. The minimum absolute atomic E-state index is 0.112. The summed E-state index contributed by atoms with van der Waals surface area (Å²) >= 11 is 1.43. The summed E-state index contributed by atoms with van der Waals surface area (Å²) in [6, 6.07) is 8.27. The van der Waals surface area contributed by atoms with Crippen LogP contribution in [0.3, 0.4) is 0 Å². The second kappa shape index (κ2) is 9.53. The number of carbonyl (C=O) groups is 2. The molecule has 0 atom stereocenters. The fourth-order valence-corrected chi connectivity index (χ4v) is 2.92. The van der Waals surface area contributed by atoms with Gasteiger partial charge in [0.15, 0.2) is 5.13 Å². The summed E-state index contributed by atoms with van der Waals surface area (Å²) in [6.07, 6.45) is 2.53. The predicted octanol–water partition coefficient (Wildman–Crippen LogP) is 2.73. The van der Waals surface area contributed by atoms with Gasteiger partial charge in [-0.3, -0.25) is 15.1 Å². The van der Waals surface area contributed by atoms with Crippen molar-refractivity contribution in [2.24, 2.45) is 4.99 Å². The van der Waals surface area contributed by atoms with Gasteiger partial charge in [-0.25, -0.2) is 9.78 Å². The third kappa shape index (κ3) is 7.13. The Labute approximate surface area is 149 Å². The van der Waals surface area contributed by atoms with Gasteiger partial charge < -0.3 is 10.4 Å². The Hall–Kier alpha value is -2.74. The highest BCUT2D eigenvalue weighted by atomic mass is 32.1. The van der Waals surface area contributed by atoms with Crippen LogP contribution in [-0.4, -0.2) is 35.0 Å². The van der Waals surface area contributed by atoms with Crippen LogP contribution < -0.4 is 10.6 Å². The molecule has 25 heavy (non-hydrogen) atoms. The van der Waals surface area contributed by atoms with Crippen LogP contribution in [0, 0.1) is 0 Å². The lowest BCUT2D eigenvalue weighted by Crippen LogP contribution is -2.18. The van der Waals surface area contributed by atoms with Gasteiger partial charge in [-0.2, -0.15) is 0 Å². The maximum absolute atomic E-state index is 11.0. The van der Waals surface area contributed by atoms with Crippen LogP contribution >= 0.6 is 11.3 Å². The van der Waals surface area contributed by atoms with Gasteiger partial charge in [0.1, 0.15) is 0 Å². The molecule has 0 bridgehead atoms. The molecule has 0 aliphatic carbocycles. The fraction of sp³-hybridized carbons (Fsp3) is 0.294. The van der Waals surface area contributed by atoms with E-state index in [1.165, 1.54) is 30.2 Å². The molecule has 0 saturated heterocycles. The van der Waals surface area contributed by atoms with Crippen molar-refractivity contribution < 1.29 is 14.7 Å². The molecular formula is C17H20N4O3S. The number of carboxylic acid groups (broad SMARTS) is 1. The van der Waals surface area contributed by atoms with Crippen molar-refractivity contribution in [3.05, 3.63) is 46.5 Å². The van der Waals surface area contributed by atoms with E-state index >= 15 is 0 Å². The largest absolute Gasteiger partial charge is 0.465 e. The lowest BCUT2D eigenvalue weighted by molar-refractivity contribution is -0.114. The van der Waals surface area contributed by atoms with E-state index in [2.05, 4.69) is 44.9 Å². The van der Waals surface area contributed by atoms with Gasteiger partial charge in [-0.1, -0.05) is 24.3 Å². The van der Waals surface area contributed by atoms with Crippen LogP contribution in [0.25, 0.3) is 0 Å². The number of aromatic nitrogens is 1. The highest BCUT2D eigenvalue weighted by molar-refractivity contribution is 7.13. The molecule has 1 aromatic heterocycles. The number of anilines is 1. The third-order valence-electron chi connectivity index (χ3n) is 3.34. The molecular weight excluding hydrogens is 340 g/mol. The van der Waals surface area contributed by atoms with Crippen molar-refractivity contribution in [1.29, 1.82) is 0 Å². The Morgan fingerprint density at radius 3 is 2.52 bits per heavy atom. The third-order valence-corrected chi connectivity index (χ3v) is 4.14. The number of aliphatic imine (C=N–C) groups is 1. The van der Waals surface area contributed by atoms with Crippen molar-refractivity contribution in [3.8, 4) is 0 Å². The zero-order chi connectivity index (χ0) is 18.1. The first kappa shape index (κ1) is 18.6. The van der Waals surface area contributed by atoms with E-state index in [1.807, 2.05) is 5.38 Å². The topological polar surface area (TPSA) is 104 Å². The van der Waals surface area contributed by atoms with Crippen LogP contribution in [0.5, 0.6) is 0 Å². The zero-order valence-corrected chi connectivity index (χ0v) is 14.7. The number of rotatable bonds is 8. The molecule has 2 rings (SSSR count). The highest BCUT2D eigenvalue weighted by Crippen LogP contribution is 2.17. The second-order valence-corrected chi connectivity index (χ2v) is 6.23. The smallest absolute Gasteiger partial charge is 0.409 e. The van der Waals surface area contributed by atoms with Crippen molar-refractivity contribution in [3.63, 3.8) is 0 Å². The normalized spacial score (nSPS) is 10.8. The van der Waals surface area contributed by atoms with Crippen molar-refractivity contribution in [2.75, 3.05) is 11.9 Å². The van der Waals surface area contributed by atoms with E-state index < -0.39 is 6.09 Å². The molecule has 0 spiro atoms. The Morgan fingerprint density at radius 2 is 1.88 bits per heavy atom. The van der Waals surface area contributed by atoms with Crippen LogP contribution in [0.15, 0.2) is 34.6 Å². The van der Waals surface area contributed by atoms with E-state index in [1.54, 1.807) is 0 Å². The average molecular weight is 360 g/mol. The number of nitrogens with zero attached hydrogens (tertiary/aromatic N) is 2.